The maximum atomic E-state index is 10.7. The summed E-state index contributed by atoms with van der Waals surface area (Å²) in [6, 6.07) is 0. The van der Waals surface area contributed by atoms with E-state index >= 15 is 0 Å². The summed E-state index contributed by atoms with van der Waals surface area (Å²) < 4.78 is 35.7. The van der Waals surface area contributed by atoms with Gasteiger partial charge in [-0.1, -0.05) is 0 Å². The van der Waals surface area contributed by atoms with E-state index in [9.17, 15) is 22.6 Å². The summed E-state index contributed by atoms with van der Waals surface area (Å²) in [6.45, 7) is 0. The van der Waals surface area contributed by atoms with Crippen LogP contribution in [0.25, 0.3) is 0 Å². The molecule has 1 unspecified atom stereocenters. The topological polar surface area (TPSA) is 173 Å². The maximum Gasteiger partial charge on any atom is 1.00 e. The minimum atomic E-state index is -5.16. The monoisotopic (exact) mass is 269 g/mol. The van der Waals surface area contributed by atoms with Gasteiger partial charge < -0.3 is 21.1 Å². The molecule has 16 heavy (non-hydrogen) atoms. The first-order valence-corrected chi connectivity index (χ1v) is 6.06. The quantitative estimate of drug-likeness (QED) is 0.126. The Hall–Kier alpha value is -0.0977. The normalized spacial score (nSPS) is 12.4. The molecule has 0 heterocycles. The Balaban J connectivity index is -0.000000980. The molecule has 0 aromatic rings. The molecule has 0 radical (unpaired) electrons. The molecule has 0 fully saturated rings. The van der Waals surface area contributed by atoms with Gasteiger partial charge in [0.15, 0.2) is 0 Å². The van der Waals surface area contributed by atoms with Crippen molar-refractivity contribution in [3.8, 4) is 0 Å². The molecule has 0 aliphatic carbocycles. The standard InChI is InChI=1S/C2H4BNO9S2.Li.H/c5-1(6)2(7)15(11,12)14(10)4-13-3(8)9;;/h4,8-9H,(H,5,6);;/q;+1;-1. The van der Waals surface area contributed by atoms with Crippen molar-refractivity contribution >= 4 is 37.7 Å². The third-order valence-electron chi connectivity index (χ3n) is 0.823. The molecule has 0 saturated heterocycles. The second kappa shape index (κ2) is 7.27. The summed E-state index contributed by atoms with van der Waals surface area (Å²) in [7, 11) is -10.9. The van der Waals surface area contributed by atoms with Gasteiger partial charge in [0.05, 0.1) is 0 Å². The summed E-state index contributed by atoms with van der Waals surface area (Å²) in [5, 5.41) is 21.8. The predicted octanol–water partition coefficient (Wildman–Crippen LogP) is -6.80. The van der Waals surface area contributed by atoms with E-state index in [-0.39, 0.29) is 20.3 Å². The number of carbonyl (C=O) groups excluding carboxylic acids is 1. The zero-order chi connectivity index (χ0) is 12.2. The first-order chi connectivity index (χ1) is 6.69. The Kier molecular flexibility index (Phi) is 8.30. The Morgan fingerprint density at radius 2 is 1.88 bits per heavy atom. The molecule has 14 heteroatoms. The molecule has 0 aliphatic heterocycles. The van der Waals surface area contributed by atoms with Gasteiger partial charge in [-0.2, -0.15) is 8.42 Å². The molecule has 0 aromatic heterocycles. The van der Waals surface area contributed by atoms with Crippen molar-refractivity contribution in [3.63, 3.8) is 0 Å². The molecule has 88 valence electrons. The van der Waals surface area contributed by atoms with Crippen LogP contribution in [0.2, 0.25) is 0 Å². The summed E-state index contributed by atoms with van der Waals surface area (Å²) in [5.74, 6) is -2.32. The van der Waals surface area contributed by atoms with Crippen LogP contribution < -0.4 is 23.7 Å². The average molecular weight is 269 g/mol. The molecular weight excluding hydrogens is 264 g/mol. The van der Waals surface area contributed by atoms with Crippen LogP contribution in [0, 0.1) is 0 Å². The van der Waals surface area contributed by atoms with Gasteiger partial charge >= 0.3 is 46.1 Å². The minimum absolute atomic E-state index is 0. The van der Waals surface area contributed by atoms with Crippen LogP contribution in [0.4, 0.5) is 0 Å². The van der Waals surface area contributed by atoms with Gasteiger partial charge in [0.25, 0.3) is 0 Å². The average Bonchev–Trinajstić information content (AvgIpc) is 2.12. The van der Waals surface area contributed by atoms with Gasteiger partial charge in [-0.25, -0.2) is 4.79 Å². The van der Waals surface area contributed by atoms with Crippen LogP contribution >= 0.6 is 0 Å². The smallest absolute Gasteiger partial charge is 1.00 e. The largest absolute Gasteiger partial charge is 1.00 e. The van der Waals surface area contributed by atoms with E-state index in [1.165, 1.54) is 0 Å². The molecular formula is C2H5BLiNO9S2. The van der Waals surface area contributed by atoms with Crippen molar-refractivity contribution in [2.45, 2.75) is 0 Å². The van der Waals surface area contributed by atoms with Crippen LogP contribution in [0.15, 0.2) is 0 Å². The predicted molar refractivity (Wildman–Crippen MR) is 45.2 cm³/mol. The fourth-order valence-corrected chi connectivity index (χ4v) is 1.92. The second-order valence-corrected chi connectivity index (χ2v) is 5.95. The SMILES string of the molecule is O=C(O)C(=O)S(=O)(=O)[S+]([O-])NOB(O)O.[H-].[Li+]. The van der Waals surface area contributed by atoms with Crippen LogP contribution in [-0.2, 0) is 33.6 Å². The molecule has 1 atom stereocenters. The van der Waals surface area contributed by atoms with Crippen LogP contribution in [0.1, 0.15) is 1.43 Å². The summed E-state index contributed by atoms with van der Waals surface area (Å²) in [6.07, 6.45) is 0. The molecule has 4 N–H and O–H groups in total. The third kappa shape index (κ3) is 5.30. The van der Waals surface area contributed by atoms with Gasteiger partial charge in [-0.3, -0.25) is 9.55 Å². The van der Waals surface area contributed by atoms with E-state index in [2.05, 4.69) is 4.76 Å². The zero-order valence-corrected chi connectivity index (χ0v) is 9.32. The third-order valence-corrected chi connectivity index (χ3v) is 3.94. The number of nitrogens with one attached hydrogen (secondary N) is 1. The van der Waals surface area contributed by atoms with Gasteiger partial charge in [0.1, 0.15) is 0 Å². The van der Waals surface area contributed by atoms with E-state index in [4.69, 9.17) is 15.2 Å². The van der Waals surface area contributed by atoms with Gasteiger partial charge in [-0.05, 0) is 4.89 Å². The van der Waals surface area contributed by atoms with E-state index in [1.54, 1.807) is 0 Å². The fourth-order valence-electron chi connectivity index (χ4n) is 0.303. The molecule has 10 nitrogen and oxygen atoms in total. The number of hydrogen-bond acceptors (Lipinski definition) is 9. The summed E-state index contributed by atoms with van der Waals surface area (Å²) in [4.78, 5) is 21.5. The Morgan fingerprint density at radius 1 is 1.44 bits per heavy atom. The van der Waals surface area contributed by atoms with Gasteiger partial charge in [0, 0.05) is 0 Å². The van der Waals surface area contributed by atoms with Gasteiger partial charge in [0.2, 0.25) is 10.4 Å². The molecule has 0 bridgehead atoms. The fraction of sp³-hybridized carbons (Fsp3) is 0. The number of carboxylic acids is 1. The molecule has 0 amide bonds. The van der Waals surface area contributed by atoms with Crippen molar-refractivity contribution in [1.29, 1.82) is 0 Å². The van der Waals surface area contributed by atoms with Crippen molar-refractivity contribution in [2.24, 2.45) is 0 Å². The van der Waals surface area contributed by atoms with Crippen LogP contribution in [0.5, 0.6) is 0 Å². The van der Waals surface area contributed by atoms with Gasteiger partial charge in [-0.15, -0.1) is 0 Å². The Labute approximate surface area is 105 Å². The Morgan fingerprint density at radius 3 is 2.19 bits per heavy atom. The van der Waals surface area contributed by atoms with E-state index in [0.717, 1.165) is 4.89 Å². The van der Waals surface area contributed by atoms with E-state index < -0.39 is 37.7 Å². The number of hydrogen-bond donors (Lipinski definition) is 4. The zero-order valence-electron chi connectivity index (χ0n) is 8.68. The summed E-state index contributed by atoms with van der Waals surface area (Å²) in [5.41, 5.74) is 0. The first-order valence-electron chi connectivity index (χ1n) is 2.91. The van der Waals surface area contributed by atoms with Crippen LogP contribution in [0.3, 0.4) is 0 Å². The Bertz CT molecular complexity index is 360. The molecule has 0 spiro atoms. The first kappa shape index (κ1) is 18.3. The van der Waals surface area contributed by atoms with E-state index in [1.807, 2.05) is 0 Å². The molecule has 0 aromatic carbocycles. The van der Waals surface area contributed by atoms with Crippen molar-refractivity contribution in [1.82, 2.24) is 4.89 Å². The van der Waals surface area contributed by atoms with Crippen molar-refractivity contribution in [3.05, 3.63) is 0 Å². The maximum absolute atomic E-state index is 10.7. The number of carboxylic acid groups (broad SMARTS) is 1. The number of carbonyl (C=O) groups is 2. The molecule has 0 rings (SSSR count). The minimum Gasteiger partial charge on any atom is -1.00 e. The van der Waals surface area contributed by atoms with Crippen LogP contribution in [-0.4, -0.2) is 46.5 Å². The van der Waals surface area contributed by atoms with E-state index in [0.29, 0.717) is 0 Å². The molecule has 0 saturated carbocycles. The number of aliphatic carboxylic acids is 1. The van der Waals surface area contributed by atoms with Crippen molar-refractivity contribution in [2.75, 3.05) is 0 Å². The molecule has 0 aliphatic rings. The second-order valence-electron chi connectivity index (χ2n) is 1.81. The number of rotatable bonds is 4. The summed E-state index contributed by atoms with van der Waals surface area (Å²) >= 11 is 0. The van der Waals surface area contributed by atoms with Crippen molar-refractivity contribution < 1.29 is 62.8 Å².